The van der Waals surface area contributed by atoms with Gasteiger partial charge in [-0.25, -0.2) is 9.99 Å². The lowest BCUT2D eigenvalue weighted by atomic mass is 9.97. The molecule has 1 N–H and O–H groups in total. The Balaban J connectivity index is 1.47. The normalized spacial score (nSPS) is 15.1. The SMILES string of the molecule is CCOc1ccc2cc(C3CC(c4ccc(-c5cnoc5)cc4)=NN3C(=O)CCCC(=O)O)c(Cl)nc2c1. The molecule has 0 aliphatic carbocycles. The minimum absolute atomic E-state index is 0.0579. The van der Waals surface area contributed by atoms with Crippen molar-refractivity contribution in [2.45, 2.75) is 38.6 Å². The van der Waals surface area contributed by atoms with Crippen LogP contribution < -0.4 is 4.74 Å². The van der Waals surface area contributed by atoms with E-state index in [-0.39, 0.29) is 30.3 Å². The second-order valence-corrected chi connectivity index (χ2v) is 9.26. The standard InChI is InChI=1S/C28H25ClN4O5/c1-2-37-21-11-10-19-12-22(28(29)31-23(19)13-21)25-14-24(32-33(25)26(34)4-3-5-27(35)36)18-8-6-17(7-9-18)20-15-30-38-16-20/h6-13,15-16,25H,2-5,14H2,1H3,(H,35,36). The topological polar surface area (TPSA) is 118 Å². The third-order valence-electron chi connectivity index (χ3n) is 6.37. The Kier molecular flexibility index (Phi) is 7.37. The summed E-state index contributed by atoms with van der Waals surface area (Å²) in [6.07, 6.45) is 3.83. The van der Waals surface area contributed by atoms with Gasteiger partial charge in [-0.3, -0.25) is 9.59 Å². The molecule has 0 fully saturated rings. The Morgan fingerprint density at radius 1 is 1.11 bits per heavy atom. The molecule has 1 amide bonds. The zero-order valence-corrected chi connectivity index (χ0v) is 21.4. The number of carbonyl (C=O) groups is 2. The van der Waals surface area contributed by atoms with Crippen LogP contribution in [0, 0.1) is 0 Å². The van der Waals surface area contributed by atoms with Gasteiger partial charge >= 0.3 is 5.97 Å². The highest BCUT2D eigenvalue weighted by Crippen LogP contribution is 2.38. The van der Waals surface area contributed by atoms with Crippen LogP contribution in [-0.2, 0) is 9.59 Å². The smallest absolute Gasteiger partial charge is 0.303 e. The van der Waals surface area contributed by atoms with Crippen LogP contribution in [0.15, 0.2) is 70.6 Å². The molecule has 2 aromatic heterocycles. The van der Waals surface area contributed by atoms with Gasteiger partial charge in [0.1, 0.15) is 17.2 Å². The lowest BCUT2D eigenvalue weighted by molar-refractivity contribution is -0.137. The molecule has 1 unspecified atom stereocenters. The summed E-state index contributed by atoms with van der Waals surface area (Å²) in [5, 5.41) is 20.0. The predicted molar refractivity (Wildman–Crippen MR) is 142 cm³/mol. The number of nitrogens with zero attached hydrogens (tertiary/aromatic N) is 4. The summed E-state index contributed by atoms with van der Waals surface area (Å²) in [5.74, 6) is -0.510. The van der Waals surface area contributed by atoms with Gasteiger partial charge in [0, 0.05) is 41.8 Å². The molecule has 0 radical (unpaired) electrons. The van der Waals surface area contributed by atoms with Crippen LogP contribution >= 0.6 is 11.6 Å². The van der Waals surface area contributed by atoms with Crippen molar-refractivity contribution in [3.8, 4) is 16.9 Å². The zero-order valence-electron chi connectivity index (χ0n) is 20.6. The second kappa shape index (κ2) is 11.0. The van der Waals surface area contributed by atoms with Gasteiger partial charge in [0.05, 0.1) is 30.1 Å². The van der Waals surface area contributed by atoms with Crippen molar-refractivity contribution in [3.05, 3.63) is 77.3 Å². The Morgan fingerprint density at radius 3 is 2.61 bits per heavy atom. The largest absolute Gasteiger partial charge is 0.494 e. The number of rotatable bonds is 9. The molecule has 2 aromatic carbocycles. The highest BCUT2D eigenvalue weighted by molar-refractivity contribution is 6.30. The molecule has 10 heteroatoms. The van der Waals surface area contributed by atoms with Gasteiger partial charge in [-0.1, -0.05) is 41.0 Å². The van der Waals surface area contributed by atoms with Crippen LogP contribution in [0.25, 0.3) is 22.0 Å². The maximum absolute atomic E-state index is 13.2. The zero-order chi connectivity index (χ0) is 26.6. The van der Waals surface area contributed by atoms with E-state index in [0.717, 1.165) is 27.8 Å². The molecule has 1 atom stereocenters. The molecule has 4 aromatic rings. The van der Waals surface area contributed by atoms with Crippen LogP contribution in [-0.4, -0.2) is 44.5 Å². The maximum atomic E-state index is 13.2. The van der Waals surface area contributed by atoms with Crippen molar-refractivity contribution in [1.82, 2.24) is 15.1 Å². The molecular weight excluding hydrogens is 508 g/mol. The molecule has 1 aliphatic heterocycles. The summed E-state index contributed by atoms with van der Waals surface area (Å²) in [4.78, 5) is 28.8. The van der Waals surface area contributed by atoms with E-state index in [0.29, 0.717) is 29.9 Å². The van der Waals surface area contributed by atoms with E-state index in [2.05, 4.69) is 15.2 Å². The van der Waals surface area contributed by atoms with Crippen LogP contribution in [0.3, 0.4) is 0 Å². The number of ether oxygens (including phenoxy) is 1. The first-order chi connectivity index (χ1) is 18.4. The number of pyridine rings is 1. The molecule has 1 aliphatic rings. The minimum atomic E-state index is -0.943. The van der Waals surface area contributed by atoms with E-state index < -0.39 is 12.0 Å². The first kappa shape index (κ1) is 25.4. The number of carboxylic acid groups (broad SMARTS) is 1. The monoisotopic (exact) mass is 532 g/mol. The number of benzene rings is 2. The second-order valence-electron chi connectivity index (χ2n) is 8.90. The molecule has 0 bridgehead atoms. The molecule has 0 saturated heterocycles. The van der Waals surface area contributed by atoms with Gasteiger partial charge in [-0.15, -0.1) is 0 Å². The van der Waals surface area contributed by atoms with Crippen LogP contribution in [0.4, 0.5) is 0 Å². The fourth-order valence-electron chi connectivity index (χ4n) is 4.49. The highest BCUT2D eigenvalue weighted by atomic mass is 35.5. The Bertz CT molecular complexity index is 1500. The Labute approximate surface area is 223 Å². The van der Waals surface area contributed by atoms with Crippen LogP contribution in [0.1, 0.15) is 49.8 Å². The first-order valence-electron chi connectivity index (χ1n) is 12.3. The molecule has 194 valence electrons. The number of hydrogen-bond acceptors (Lipinski definition) is 7. The van der Waals surface area contributed by atoms with E-state index >= 15 is 0 Å². The van der Waals surface area contributed by atoms with E-state index in [1.165, 1.54) is 5.01 Å². The van der Waals surface area contributed by atoms with Crippen LogP contribution in [0.2, 0.25) is 5.15 Å². The highest BCUT2D eigenvalue weighted by Gasteiger charge is 2.34. The fourth-order valence-corrected chi connectivity index (χ4v) is 4.77. The molecule has 38 heavy (non-hydrogen) atoms. The first-order valence-corrected chi connectivity index (χ1v) is 12.6. The number of fused-ring (bicyclic) bond motifs is 1. The van der Waals surface area contributed by atoms with Gasteiger partial charge in [0.25, 0.3) is 0 Å². The van der Waals surface area contributed by atoms with Gasteiger partial charge in [-0.05, 0) is 42.7 Å². The van der Waals surface area contributed by atoms with Gasteiger partial charge in [-0.2, -0.15) is 5.10 Å². The summed E-state index contributed by atoms with van der Waals surface area (Å²) >= 11 is 6.67. The number of aromatic nitrogens is 2. The molecule has 5 rings (SSSR count). The van der Waals surface area contributed by atoms with E-state index in [4.69, 9.17) is 26.0 Å². The summed E-state index contributed by atoms with van der Waals surface area (Å²) in [6.45, 7) is 2.45. The number of carbonyl (C=O) groups excluding carboxylic acids is 1. The van der Waals surface area contributed by atoms with Gasteiger partial charge in [0.15, 0.2) is 0 Å². The van der Waals surface area contributed by atoms with Crippen molar-refractivity contribution in [2.75, 3.05) is 6.61 Å². The van der Waals surface area contributed by atoms with Crippen LogP contribution in [0.5, 0.6) is 5.75 Å². The van der Waals surface area contributed by atoms with Crippen molar-refractivity contribution in [3.63, 3.8) is 0 Å². The summed E-state index contributed by atoms with van der Waals surface area (Å²) in [7, 11) is 0. The lowest BCUT2D eigenvalue weighted by Crippen LogP contribution is -2.27. The lowest BCUT2D eigenvalue weighted by Gasteiger charge is -2.23. The van der Waals surface area contributed by atoms with Gasteiger partial charge in [0.2, 0.25) is 5.91 Å². The summed E-state index contributed by atoms with van der Waals surface area (Å²) in [5.41, 5.74) is 4.75. The average molecular weight is 533 g/mol. The molecular formula is C28H25ClN4O5. The fraction of sp³-hybridized carbons (Fsp3) is 0.250. The van der Waals surface area contributed by atoms with Crippen molar-refractivity contribution in [1.29, 1.82) is 0 Å². The van der Waals surface area contributed by atoms with Crippen molar-refractivity contribution >= 4 is 40.1 Å². The summed E-state index contributed by atoms with van der Waals surface area (Å²) in [6, 6.07) is 14.8. The quantitative estimate of drug-likeness (QED) is 0.267. The van der Waals surface area contributed by atoms with E-state index in [1.54, 1.807) is 12.5 Å². The molecule has 3 heterocycles. The third kappa shape index (κ3) is 5.38. The number of amides is 1. The molecule has 0 spiro atoms. The van der Waals surface area contributed by atoms with E-state index in [9.17, 15) is 9.59 Å². The number of halogens is 1. The molecule has 0 saturated carbocycles. The van der Waals surface area contributed by atoms with Crippen molar-refractivity contribution in [2.24, 2.45) is 5.10 Å². The average Bonchev–Trinajstić information content (AvgIpc) is 3.59. The minimum Gasteiger partial charge on any atom is -0.494 e. The van der Waals surface area contributed by atoms with Gasteiger partial charge < -0.3 is 14.4 Å². The number of carboxylic acids is 1. The maximum Gasteiger partial charge on any atom is 0.303 e. The predicted octanol–water partition coefficient (Wildman–Crippen LogP) is 5.87. The number of aliphatic carboxylic acids is 1. The molecule has 9 nitrogen and oxygen atoms in total. The number of hydrogen-bond donors (Lipinski definition) is 1. The summed E-state index contributed by atoms with van der Waals surface area (Å²) < 4.78 is 10.5. The van der Waals surface area contributed by atoms with Crippen molar-refractivity contribution < 1.29 is 24.0 Å². The Hall–Kier alpha value is -4.24. The van der Waals surface area contributed by atoms with E-state index in [1.807, 2.05) is 55.5 Å². The third-order valence-corrected chi connectivity index (χ3v) is 6.67. The Morgan fingerprint density at radius 2 is 1.89 bits per heavy atom. The number of hydrazone groups is 1.